The summed E-state index contributed by atoms with van der Waals surface area (Å²) in [5.74, 6) is 0. The SMILES string of the molecule is Cc1[nH]nc2cc(N(Cc3cccnc3)C(=O)NCCCn3cncc3C)ccc12. The molecule has 1 aromatic carbocycles. The number of aromatic amines is 1. The molecule has 0 aliphatic rings. The van der Waals surface area contributed by atoms with Crippen molar-refractivity contribution in [2.75, 3.05) is 11.4 Å². The first-order chi connectivity index (χ1) is 14.6. The predicted octanol–water partition coefficient (Wildman–Crippen LogP) is 3.58. The summed E-state index contributed by atoms with van der Waals surface area (Å²) in [5, 5.41) is 11.4. The van der Waals surface area contributed by atoms with Crippen molar-refractivity contribution in [3.05, 3.63) is 72.2 Å². The normalized spacial score (nSPS) is 11.0. The van der Waals surface area contributed by atoms with Crippen LogP contribution in [-0.2, 0) is 13.1 Å². The number of rotatable bonds is 7. The second-order valence-electron chi connectivity index (χ2n) is 7.31. The van der Waals surface area contributed by atoms with Gasteiger partial charge in [-0.25, -0.2) is 9.78 Å². The topological polar surface area (TPSA) is 91.7 Å². The Kier molecular flexibility index (Phi) is 5.74. The molecule has 2 amide bonds. The quantitative estimate of drug-likeness (QED) is 0.462. The highest BCUT2D eigenvalue weighted by Gasteiger charge is 2.17. The molecule has 3 heterocycles. The molecule has 0 unspecified atom stereocenters. The molecule has 0 saturated carbocycles. The van der Waals surface area contributed by atoms with Crippen LogP contribution in [0.3, 0.4) is 0 Å². The largest absolute Gasteiger partial charge is 0.338 e. The number of pyridine rings is 1. The molecule has 8 heteroatoms. The summed E-state index contributed by atoms with van der Waals surface area (Å²) in [6, 6.07) is 9.58. The molecule has 0 atom stereocenters. The number of nitrogens with one attached hydrogen (secondary N) is 2. The fourth-order valence-electron chi connectivity index (χ4n) is 3.42. The zero-order valence-corrected chi connectivity index (χ0v) is 17.2. The number of amides is 2. The van der Waals surface area contributed by atoms with Crippen LogP contribution in [0.4, 0.5) is 10.5 Å². The van der Waals surface area contributed by atoms with Gasteiger partial charge in [0.1, 0.15) is 0 Å². The molecule has 0 fully saturated rings. The zero-order valence-electron chi connectivity index (χ0n) is 17.2. The monoisotopic (exact) mass is 403 g/mol. The van der Waals surface area contributed by atoms with E-state index in [9.17, 15) is 4.79 Å². The molecule has 0 spiro atoms. The highest BCUT2D eigenvalue weighted by atomic mass is 16.2. The van der Waals surface area contributed by atoms with E-state index >= 15 is 0 Å². The lowest BCUT2D eigenvalue weighted by Crippen LogP contribution is -2.40. The lowest BCUT2D eigenvalue weighted by atomic mass is 10.1. The molecule has 4 rings (SSSR count). The van der Waals surface area contributed by atoms with Crippen LogP contribution in [0.2, 0.25) is 0 Å². The van der Waals surface area contributed by atoms with E-state index in [2.05, 4.69) is 30.0 Å². The molecule has 0 bridgehead atoms. The molecule has 0 aliphatic carbocycles. The number of carbonyl (C=O) groups excluding carboxylic acids is 1. The van der Waals surface area contributed by atoms with Gasteiger partial charge in [0, 0.05) is 54.1 Å². The van der Waals surface area contributed by atoms with E-state index in [1.165, 1.54) is 0 Å². The van der Waals surface area contributed by atoms with Crippen molar-refractivity contribution >= 4 is 22.6 Å². The van der Waals surface area contributed by atoms with E-state index < -0.39 is 0 Å². The van der Waals surface area contributed by atoms with Gasteiger partial charge in [-0.15, -0.1) is 0 Å². The van der Waals surface area contributed by atoms with Crippen molar-refractivity contribution in [1.82, 2.24) is 30.0 Å². The van der Waals surface area contributed by atoms with Gasteiger partial charge in [0.05, 0.1) is 18.4 Å². The molecule has 3 aromatic heterocycles. The van der Waals surface area contributed by atoms with Crippen molar-refractivity contribution in [1.29, 1.82) is 0 Å². The summed E-state index contributed by atoms with van der Waals surface area (Å²) >= 11 is 0. The number of fused-ring (bicyclic) bond motifs is 1. The van der Waals surface area contributed by atoms with Crippen LogP contribution in [0.1, 0.15) is 23.4 Å². The number of imidazole rings is 1. The molecule has 0 aliphatic heterocycles. The van der Waals surface area contributed by atoms with Crippen LogP contribution >= 0.6 is 0 Å². The fraction of sp³-hybridized carbons (Fsp3) is 0.273. The van der Waals surface area contributed by atoms with Gasteiger partial charge < -0.3 is 9.88 Å². The van der Waals surface area contributed by atoms with Crippen molar-refractivity contribution < 1.29 is 4.79 Å². The zero-order chi connectivity index (χ0) is 20.9. The van der Waals surface area contributed by atoms with E-state index in [1.54, 1.807) is 17.3 Å². The maximum absolute atomic E-state index is 13.1. The third-order valence-corrected chi connectivity index (χ3v) is 5.12. The summed E-state index contributed by atoms with van der Waals surface area (Å²) in [6.07, 6.45) is 7.97. The van der Waals surface area contributed by atoms with Gasteiger partial charge in [-0.3, -0.25) is 15.0 Å². The molecule has 8 nitrogen and oxygen atoms in total. The Morgan fingerprint density at radius 3 is 2.87 bits per heavy atom. The highest BCUT2D eigenvalue weighted by molar-refractivity contribution is 5.95. The number of aromatic nitrogens is 5. The Balaban J connectivity index is 1.48. The summed E-state index contributed by atoms with van der Waals surface area (Å²) in [6.45, 7) is 5.82. The number of H-pyrrole nitrogens is 1. The summed E-state index contributed by atoms with van der Waals surface area (Å²) in [5.41, 5.74) is 4.71. The van der Waals surface area contributed by atoms with Gasteiger partial charge in [0.15, 0.2) is 0 Å². The average molecular weight is 403 g/mol. The van der Waals surface area contributed by atoms with Crippen LogP contribution in [0.5, 0.6) is 0 Å². The Morgan fingerprint density at radius 1 is 1.20 bits per heavy atom. The lowest BCUT2D eigenvalue weighted by Gasteiger charge is -2.23. The van der Waals surface area contributed by atoms with Crippen LogP contribution < -0.4 is 10.2 Å². The Hall–Kier alpha value is -3.68. The molecule has 0 radical (unpaired) electrons. The number of carbonyl (C=O) groups is 1. The Bertz CT molecular complexity index is 1130. The third-order valence-electron chi connectivity index (χ3n) is 5.12. The standard InChI is InChI=1S/C22H25N7O/c1-16-12-24-15-28(16)10-4-9-25-22(30)29(14-18-5-3-8-23-13-18)19-6-7-20-17(2)26-27-21(20)11-19/h3,5-8,11-13,15H,4,9-10,14H2,1-2H3,(H,25,30)(H,26,27). The van der Waals surface area contributed by atoms with E-state index in [-0.39, 0.29) is 6.03 Å². The van der Waals surface area contributed by atoms with E-state index in [0.29, 0.717) is 13.1 Å². The number of anilines is 1. The number of urea groups is 1. The molecule has 154 valence electrons. The summed E-state index contributed by atoms with van der Waals surface area (Å²) in [7, 11) is 0. The molecule has 4 aromatic rings. The first-order valence-electron chi connectivity index (χ1n) is 9.97. The number of hydrogen-bond donors (Lipinski definition) is 2. The summed E-state index contributed by atoms with van der Waals surface area (Å²) in [4.78, 5) is 23.1. The molecule has 30 heavy (non-hydrogen) atoms. The lowest BCUT2D eigenvalue weighted by molar-refractivity contribution is 0.245. The maximum atomic E-state index is 13.1. The van der Waals surface area contributed by atoms with Gasteiger partial charge in [-0.2, -0.15) is 5.10 Å². The fourth-order valence-corrected chi connectivity index (χ4v) is 3.42. The number of benzene rings is 1. The number of hydrogen-bond acceptors (Lipinski definition) is 4. The average Bonchev–Trinajstić information content (AvgIpc) is 3.35. The van der Waals surface area contributed by atoms with Gasteiger partial charge >= 0.3 is 6.03 Å². The molecule has 0 saturated heterocycles. The first-order valence-corrected chi connectivity index (χ1v) is 9.97. The van der Waals surface area contributed by atoms with Crippen molar-refractivity contribution in [3.63, 3.8) is 0 Å². The van der Waals surface area contributed by atoms with Crippen LogP contribution in [-0.4, -0.2) is 37.3 Å². The highest BCUT2D eigenvalue weighted by Crippen LogP contribution is 2.24. The molecule has 2 N–H and O–H groups in total. The van der Waals surface area contributed by atoms with Crippen LogP contribution in [0.25, 0.3) is 10.9 Å². The smallest absolute Gasteiger partial charge is 0.322 e. The minimum atomic E-state index is -0.146. The van der Waals surface area contributed by atoms with E-state index in [4.69, 9.17) is 0 Å². The summed E-state index contributed by atoms with van der Waals surface area (Å²) < 4.78 is 2.08. The van der Waals surface area contributed by atoms with Gasteiger partial charge in [0.25, 0.3) is 0 Å². The van der Waals surface area contributed by atoms with Crippen LogP contribution in [0.15, 0.2) is 55.2 Å². The number of aryl methyl sites for hydroxylation is 3. The van der Waals surface area contributed by atoms with Crippen molar-refractivity contribution in [3.8, 4) is 0 Å². The Morgan fingerprint density at radius 2 is 2.10 bits per heavy atom. The van der Waals surface area contributed by atoms with Crippen molar-refractivity contribution in [2.24, 2.45) is 0 Å². The van der Waals surface area contributed by atoms with Crippen LogP contribution in [0, 0.1) is 13.8 Å². The van der Waals surface area contributed by atoms with Gasteiger partial charge in [-0.1, -0.05) is 6.07 Å². The molecular formula is C22H25N7O. The second-order valence-corrected chi connectivity index (χ2v) is 7.31. The van der Waals surface area contributed by atoms with Gasteiger partial charge in [0.2, 0.25) is 0 Å². The number of nitrogens with zero attached hydrogens (tertiary/aromatic N) is 5. The molecular weight excluding hydrogens is 378 g/mol. The Labute approximate surface area is 175 Å². The minimum absolute atomic E-state index is 0.146. The van der Waals surface area contributed by atoms with Gasteiger partial charge in [-0.05, 0) is 50.1 Å². The third kappa shape index (κ3) is 4.32. The minimum Gasteiger partial charge on any atom is -0.338 e. The second kappa shape index (κ2) is 8.77. The first kappa shape index (κ1) is 19.6. The maximum Gasteiger partial charge on any atom is 0.322 e. The van der Waals surface area contributed by atoms with Crippen molar-refractivity contribution in [2.45, 2.75) is 33.4 Å². The predicted molar refractivity (Wildman–Crippen MR) is 116 cm³/mol. The van der Waals surface area contributed by atoms with E-state index in [0.717, 1.165) is 46.5 Å². The van der Waals surface area contributed by atoms with E-state index in [1.807, 2.05) is 56.7 Å².